The minimum absolute atomic E-state index is 0.358. The average molecular weight is 527 g/mol. The molecular weight excluding hydrogens is 492 g/mol. The van der Waals surface area contributed by atoms with Crippen molar-refractivity contribution in [2.45, 2.75) is 84.3 Å². The zero-order valence-corrected chi connectivity index (χ0v) is 22.5. The summed E-state index contributed by atoms with van der Waals surface area (Å²) in [5.74, 6) is -2.71. The van der Waals surface area contributed by atoms with Gasteiger partial charge in [-0.1, -0.05) is 30.3 Å². The maximum Gasteiger partial charge on any atom is 0.305 e. The number of carbonyl (C=O) groups excluding carboxylic acids is 4. The van der Waals surface area contributed by atoms with Crippen LogP contribution in [0.5, 0.6) is 0 Å². The van der Waals surface area contributed by atoms with Gasteiger partial charge in [-0.25, -0.2) is 0 Å². The van der Waals surface area contributed by atoms with Crippen LogP contribution < -0.4 is 0 Å². The minimum Gasteiger partial charge on any atom is -0.463 e. The van der Waals surface area contributed by atoms with E-state index in [1.165, 1.54) is 27.7 Å². The molecule has 11 nitrogen and oxygen atoms in total. The van der Waals surface area contributed by atoms with E-state index in [1.54, 1.807) is 24.3 Å². The normalized spacial score (nSPS) is 24.8. The van der Waals surface area contributed by atoms with Crippen LogP contribution in [0.15, 0.2) is 30.3 Å². The maximum atomic E-state index is 12.1. The molecule has 0 aliphatic carbocycles. The van der Waals surface area contributed by atoms with Crippen molar-refractivity contribution in [1.82, 2.24) is 0 Å². The van der Waals surface area contributed by atoms with E-state index in [0.29, 0.717) is 5.56 Å². The van der Waals surface area contributed by atoms with Gasteiger partial charge in [0.2, 0.25) is 6.29 Å². The van der Waals surface area contributed by atoms with Crippen molar-refractivity contribution in [2.24, 2.45) is 0 Å². The van der Waals surface area contributed by atoms with E-state index in [1.807, 2.05) is 25.7 Å². The molecule has 1 aromatic rings. The molecule has 0 amide bonds. The highest BCUT2D eigenvalue weighted by Crippen LogP contribution is 2.34. The Hall–Kier alpha value is -2.80. The second kappa shape index (κ2) is 12.9. The van der Waals surface area contributed by atoms with Crippen LogP contribution in [-0.4, -0.2) is 69.5 Å². The summed E-state index contributed by atoms with van der Waals surface area (Å²) in [6, 6.07) is 9.03. The molecule has 0 aromatic heterocycles. The molecule has 2 rings (SSSR count). The third-order valence-electron chi connectivity index (χ3n) is 4.74. The van der Waals surface area contributed by atoms with Crippen LogP contribution >= 0.6 is 0 Å². The Morgan fingerprint density at radius 2 is 1.36 bits per heavy atom. The van der Waals surface area contributed by atoms with Crippen LogP contribution in [0.25, 0.3) is 0 Å². The third-order valence-corrected chi connectivity index (χ3v) is 5.66. The lowest BCUT2D eigenvalue weighted by atomic mass is 9.98. The van der Waals surface area contributed by atoms with E-state index in [2.05, 4.69) is 0 Å². The molecule has 12 heteroatoms. The summed E-state index contributed by atoms with van der Waals surface area (Å²) in [5, 5.41) is 0. The van der Waals surface area contributed by atoms with Gasteiger partial charge in [0.1, 0.15) is 12.7 Å². The van der Waals surface area contributed by atoms with E-state index >= 15 is 0 Å². The highest BCUT2D eigenvalue weighted by atomic mass is 28.4. The van der Waals surface area contributed by atoms with Gasteiger partial charge in [-0.2, -0.15) is 0 Å². The van der Waals surface area contributed by atoms with Crippen molar-refractivity contribution in [3.05, 3.63) is 35.9 Å². The van der Waals surface area contributed by atoms with E-state index in [0.717, 1.165) is 0 Å². The van der Waals surface area contributed by atoms with E-state index < -0.39 is 69.2 Å². The second-order valence-electron chi connectivity index (χ2n) is 9.18. The van der Waals surface area contributed by atoms with Gasteiger partial charge in [0.05, 0.1) is 0 Å². The predicted molar refractivity (Wildman–Crippen MR) is 127 cm³/mol. The van der Waals surface area contributed by atoms with Gasteiger partial charge >= 0.3 is 23.9 Å². The molecule has 0 bridgehead atoms. The minimum atomic E-state index is -2.20. The first-order chi connectivity index (χ1) is 16.8. The smallest absolute Gasteiger partial charge is 0.305 e. The molecule has 36 heavy (non-hydrogen) atoms. The van der Waals surface area contributed by atoms with Crippen molar-refractivity contribution in [2.75, 3.05) is 6.61 Å². The maximum absolute atomic E-state index is 12.1. The first-order valence-corrected chi connectivity index (χ1v) is 14.9. The van der Waals surface area contributed by atoms with Gasteiger partial charge in [-0.05, 0) is 19.6 Å². The fourth-order valence-electron chi connectivity index (χ4n) is 3.52. The van der Waals surface area contributed by atoms with E-state index in [-0.39, 0.29) is 6.61 Å². The summed E-state index contributed by atoms with van der Waals surface area (Å²) < 4.78 is 39.9. The average Bonchev–Trinajstić information content (AvgIpc) is 2.74. The number of ether oxygens (including phenoxy) is 6. The van der Waals surface area contributed by atoms with Gasteiger partial charge in [-0.3, -0.25) is 19.2 Å². The number of hydrogen-bond donors (Lipinski definition) is 0. The summed E-state index contributed by atoms with van der Waals surface area (Å²) >= 11 is 0. The van der Waals surface area contributed by atoms with Crippen molar-refractivity contribution in [3.8, 4) is 0 Å². The third kappa shape index (κ3) is 9.34. The molecule has 1 unspecified atom stereocenters. The van der Waals surface area contributed by atoms with Crippen molar-refractivity contribution in [1.29, 1.82) is 0 Å². The fraction of sp³-hybridized carbons (Fsp3) is 0.583. The number of benzene rings is 1. The second-order valence-corrected chi connectivity index (χ2v) is 13.6. The summed E-state index contributed by atoms with van der Waals surface area (Å²) in [6.07, 6.45) is -7.29. The van der Waals surface area contributed by atoms with Crippen LogP contribution in [0, 0.1) is 0 Å². The van der Waals surface area contributed by atoms with Crippen LogP contribution in [0.4, 0.5) is 0 Å². The monoisotopic (exact) mass is 526 g/mol. The first kappa shape index (κ1) is 29.4. The summed E-state index contributed by atoms with van der Waals surface area (Å²) in [4.78, 5) is 47.4. The molecule has 1 fully saturated rings. The molecule has 0 spiro atoms. The summed E-state index contributed by atoms with van der Waals surface area (Å²) in [5.41, 5.74) is 0.661. The molecule has 1 aromatic carbocycles. The molecular formula is C24H34O11Si. The largest absolute Gasteiger partial charge is 0.463 e. The Kier molecular flexibility index (Phi) is 10.6. The number of esters is 4. The van der Waals surface area contributed by atoms with Crippen LogP contribution in [0.1, 0.15) is 39.5 Å². The molecule has 0 N–H and O–H groups in total. The quantitative estimate of drug-likeness (QED) is 0.193. The Labute approximate surface area is 211 Å². The predicted octanol–water partition coefficient (Wildman–Crippen LogP) is 2.64. The zero-order chi connectivity index (χ0) is 27.0. The number of carbonyl (C=O) groups is 4. The van der Waals surface area contributed by atoms with Gasteiger partial charge in [0.25, 0.3) is 0 Å². The molecule has 1 heterocycles. The van der Waals surface area contributed by atoms with Crippen molar-refractivity contribution < 1.29 is 52.0 Å². The lowest BCUT2D eigenvalue weighted by Crippen LogP contribution is -2.63. The molecule has 1 aliphatic rings. The van der Waals surface area contributed by atoms with E-state index in [4.69, 9.17) is 32.8 Å². The number of hydrogen-bond acceptors (Lipinski definition) is 11. The van der Waals surface area contributed by atoms with Crippen LogP contribution in [-0.2, 0) is 52.0 Å². The molecule has 1 saturated heterocycles. The number of rotatable bonds is 10. The van der Waals surface area contributed by atoms with Gasteiger partial charge < -0.3 is 32.8 Å². The fourth-order valence-corrected chi connectivity index (χ4v) is 4.36. The van der Waals surface area contributed by atoms with Crippen LogP contribution in [0.3, 0.4) is 0 Å². The molecule has 0 radical (unpaired) electrons. The molecule has 0 saturated carbocycles. The van der Waals surface area contributed by atoms with Gasteiger partial charge in [0.15, 0.2) is 32.9 Å². The SMILES string of the molecule is CC(=O)OC[C@H]1O[C@@H](OC(C)=O)[C@@H](OC(O[Si](C)(C)C)c2ccccc2)[C@@H](OC(C)=O)[C@@H]1OC(C)=O. The van der Waals surface area contributed by atoms with E-state index in [9.17, 15) is 19.2 Å². The Morgan fingerprint density at radius 3 is 1.86 bits per heavy atom. The lowest BCUT2D eigenvalue weighted by Gasteiger charge is -2.45. The van der Waals surface area contributed by atoms with Gasteiger partial charge in [-0.15, -0.1) is 0 Å². The summed E-state index contributed by atoms with van der Waals surface area (Å²) in [7, 11) is -2.20. The van der Waals surface area contributed by atoms with Crippen molar-refractivity contribution >= 4 is 32.2 Å². The highest BCUT2D eigenvalue weighted by molar-refractivity contribution is 6.69. The highest BCUT2D eigenvalue weighted by Gasteiger charge is 2.53. The Morgan fingerprint density at radius 1 is 0.806 bits per heavy atom. The lowest BCUT2D eigenvalue weighted by molar-refractivity contribution is -0.324. The topological polar surface area (TPSA) is 133 Å². The van der Waals surface area contributed by atoms with Crippen LogP contribution in [0.2, 0.25) is 19.6 Å². The first-order valence-electron chi connectivity index (χ1n) is 11.5. The summed E-state index contributed by atoms with van der Waals surface area (Å²) in [6.45, 7) is 10.3. The molecule has 1 aliphatic heterocycles. The van der Waals surface area contributed by atoms with Gasteiger partial charge in [0, 0.05) is 33.3 Å². The van der Waals surface area contributed by atoms with Crippen molar-refractivity contribution in [3.63, 3.8) is 0 Å². The molecule has 200 valence electrons. The Balaban J connectivity index is 2.54. The standard InChI is InChI=1S/C24H34O11Si/c1-14(25)29-13-19-20(30-15(2)26)21(31-16(3)27)22(24(33-19)32-17(4)28)34-23(35-36(5,6)7)18-11-9-8-10-12-18/h8-12,19-24H,13H2,1-7H3/t19-,20-,21+,22+,23?,24-/m1/s1. The Bertz CT molecular complexity index is 914. The molecule has 6 atom stereocenters. The zero-order valence-electron chi connectivity index (χ0n) is 21.5.